The van der Waals surface area contributed by atoms with Crippen molar-refractivity contribution in [2.75, 3.05) is 10.6 Å². The lowest BCUT2D eigenvalue weighted by molar-refractivity contribution is -0.137. The van der Waals surface area contributed by atoms with E-state index in [4.69, 9.17) is 4.74 Å². The summed E-state index contributed by atoms with van der Waals surface area (Å²) in [5.74, 6) is 0.465. The van der Waals surface area contributed by atoms with Gasteiger partial charge in [-0.3, -0.25) is 0 Å². The van der Waals surface area contributed by atoms with E-state index >= 15 is 0 Å². The number of hydrogen-bond donors (Lipinski definition) is 2. The molecule has 5 nitrogen and oxygen atoms in total. The Balaban J connectivity index is 1.52. The highest BCUT2D eigenvalue weighted by atomic mass is 19.4. The Hall–Kier alpha value is -3.29. The van der Waals surface area contributed by atoms with Gasteiger partial charge >= 0.3 is 6.18 Å². The predicted octanol–water partition coefficient (Wildman–Crippen LogP) is 7.00. The van der Waals surface area contributed by atoms with Crippen molar-refractivity contribution in [3.63, 3.8) is 0 Å². The zero-order valence-corrected chi connectivity index (χ0v) is 17.7. The van der Waals surface area contributed by atoms with Crippen LogP contribution < -0.4 is 15.4 Å². The quantitative estimate of drug-likeness (QED) is 0.430. The maximum Gasteiger partial charge on any atom is 0.421 e. The minimum absolute atomic E-state index is 0.0709. The summed E-state index contributed by atoms with van der Waals surface area (Å²) in [6.07, 6.45) is 2.04. The van der Waals surface area contributed by atoms with Crippen molar-refractivity contribution in [2.24, 2.45) is 0 Å². The average molecular weight is 442 g/mol. The van der Waals surface area contributed by atoms with E-state index in [0.717, 1.165) is 37.4 Å². The third kappa shape index (κ3) is 5.69. The Morgan fingerprint density at radius 1 is 0.875 bits per heavy atom. The molecule has 8 heteroatoms. The van der Waals surface area contributed by atoms with E-state index in [2.05, 4.69) is 20.6 Å². The van der Waals surface area contributed by atoms with Crippen LogP contribution in [0.5, 0.6) is 5.75 Å². The number of hydrogen-bond acceptors (Lipinski definition) is 5. The Labute approximate surface area is 185 Å². The lowest BCUT2D eigenvalue weighted by atomic mass is 9.98. The highest BCUT2D eigenvalue weighted by Gasteiger charge is 2.35. The van der Waals surface area contributed by atoms with Crippen LogP contribution in [-0.2, 0) is 6.18 Å². The summed E-state index contributed by atoms with van der Waals surface area (Å²) in [5.41, 5.74) is 1.30. The van der Waals surface area contributed by atoms with Crippen LogP contribution in [0.1, 0.15) is 43.2 Å². The number of anilines is 4. The van der Waals surface area contributed by atoms with Crippen LogP contribution in [0, 0.1) is 6.92 Å². The number of nitrogens with one attached hydrogen (secondary N) is 2. The Kier molecular flexibility index (Phi) is 6.48. The standard InChI is InChI=1S/C24H25F3N4O/c1-16-7-9-18(10-8-16)30-23-28-15-21(24(25,26)27)22(31-23)29-17-11-13-20(14-12-17)32-19-5-3-2-4-6-19/h7-15,19H,2-6H2,1H3,(H2,28,29,30,31). The summed E-state index contributed by atoms with van der Waals surface area (Å²) in [6, 6.07) is 14.3. The SMILES string of the molecule is Cc1ccc(Nc2ncc(C(F)(F)F)c(Nc3ccc(OC4CCCCC4)cc3)n2)cc1. The summed E-state index contributed by atoms with van der Waals surface area (Å²) in [6.45, 7) is 1.95. The number of nitrogens with zero attached hydrogens (tertiary/aromatic N) is 2. The highest BCUT2D eigenvalue weighted by molar-refractivity contribution is 5.63. The van der Waals surface area contributed by atoms with Gasteiger partial charge in [-0.1, -0.05) is 24.1 Å². The molecule has 0 atom stereocenters. The van der Waals surface area contributed by atoms with Crippen LogP contribution in [0.15, 0.2) is 54.7 Å². The molecule has 0 bridgehead atoms. The third-order valence-corrected chi connectivity index (χ3v) is 5.37. The molecule has 0 amide bonds. The number of ether oxygens (including phenoxy) is 1. The molecule has 4 rings (SSSR count). The lowest BCUT2D eigenvalue weighted by Gasteiger charge is -2.23. The van der Waals surface area contributed by atoms with E-state index in [1.807, 2.05) is 31.2 Å². The Morgan fingerprint density at radius 2 is 1.50 bits per heavy atom. The molecule has 0 aliphatic heterocycles. The number of aryl methyl sites for hydroxylation is 1. The zero-order chi connectivity index (χ0) is 22.6. The topological polar surface area (TPSA) is 59.1 Å². The zero-order valence-electron chi connectivity index (χ0n) is 17.7. The van der Waals surface area contributed by atoms with E-state index in [-0.39, 0.29) is 17.9 Å². The van der Waals surface area contributed by atoms with Crippen LogP contribution in [0.25, 0.3) is 0 Å². The first-order valence-corrected chi connectivity index (χ1v) is 10.7. The fourth-order valence-corrected chi connectivity index (χ4v) is 3.64. The molecule has 1 aliphatic carbocycles. The summed E-state index contributed by atoms with van der Waals surface area (Å²) in [5, 5.41) is 5.72. The fourth-order valence-electron chi connectivity index (χ4n) is 3.64. The number of halogens is 3. The van der Waals surface area contributed by atoms with Gasteiger partial charge in [-0.2, -0.15) is 18.2 Å². The maximum atomic E-state index is 13.5. The minimum Gasteiger partial charge on any atom is -0.490 e. The highest BCUT2D eigenvalue weighted by Crippen LogP contribution is 2.35. The maximum absolute atomic E-state index is 13.5. The molecule has 0 spiro atoms. The van der Waals surface area contributed by atoms with Gasteiger partial charge in [-0.25, -0.2) is 4.98 Å². The van der Waals surface area contributed by atoms with Crippen molar-refractivity contribution in [1.82, 2.24) is 9.97 Å². The van der Waals surface area contributed by atoms with Gasteiger partial charge in [0.05, 0.1) is 6.10 Å². The van der Waals surface area contributed by atoms with Crippen molar-refractivity contribution in [3.8, 4) is 5.75 Å². The summed E-state index contributed by atoms with van der Waals surface area (Å²) >= 11 is 0. The normalized spacial score (nSPS) is 14.8. The molecule has 1 aromatic heterocycles. The summed E-state index contributed by atoms with van der Waals surface area (Å²) in [4.78, 5) is 7.93. The van der Waals surface area contributed by atoms with E-state index in [0.29, 0.717) is 17.1 Å². The predicted molar refractivity (Wildman–Crippen MR) is 119 cm³/mol. The van der Waals surface area contributed by atoms with Crippen LogP contribution in [-0.4, -0.2) is 16.1 Å². The van der Waals surface area contributed by atoms with Gasteiger partial charge in [0, 0.05) is 17.6 Å². The van der Waals surface area contributed by atoms with Gasteiger partial charge < -0.3 is 15.4 Å². The van der Waals surface area contributed by atoms with E-state index in [1.165, 1.54) is 6.42 Å². The van der Waals surface area contributed by atoms with Crippen molar-refractivity contribution < 1.29 is 17.9 Å². The van der Waals surface area contributed by atoms with Crippen LogP contribution >= 0.6 is 0 Å². The number of benzene rings is 2. The molecule has 2 aromatic carbocycles. The number of alkyl halides is 3. The largest absolute Gasteiger partial charge is 0.490 e. The Morgan fingerprint density at radius 3 is 2.16 bits per heavy atom. The van der Waals surface area contributed by atoms with E-state index in [1.54, 1.807) is 24.3 Å². The molecule has 0 radical (unpaired) electrons. The first-order valence-electron chi connectivity index (χ1n) is 10.7. The Bertz CT molecular complexity index is 1030. The summed E-state index contributed by atoms with van der Waals surface area (Å²) < 4.78 is 46.5. The molecule has 32 heavy (non-hydrogen) atoms. The fraction of sp³-hybridized carbons (Fsp3) is 0.333. The number of aromatic nitrogens is 2. The molecule has 1 fully saturated rings. The van der Waals surface area contributed by atoms with Crippen LogP contribution in [0.3, 0.4) is 0 Å². The van der Waals surface area contributed by atoms with Crippen molar-refractivity contribution >= 4 is 23.1 Å². The number of rotatable bonds is 6. The molecule has 2 N–H and O–H groups in total. The smallest absolute Gasteiger partial charge is 0.421 e. The van der Waals surface area contributed by atoms with Crippen molar-refractivity contribution in [1.29, 1.82) is 0 Å². The second-order valence-electron chi connectivity index (χ2n) is 7.97. The van der Waals surface area contributed by atoms with Gasteiger partial charge in [-0.15, -0.1) is 0 Å². The van der Waals surface area contributed by atoms with Gasteiger partial charge in [0.15, 0.2) is 0 Å². The first kappa shape index (κ1) is 21.9. The average Bonchev–Trinajstić information content (AvgIpc) is 2.77. The third-order valence-electron chi connectivity index (χ3n) is 5.37. The van der Waals surface area contributed by atoms with Crippen LogP contribution in [0.4, 0.5) is 36.3 Å². The molecule has 0 unspecified atom stereocenters. The molecule has 1 heterocycles. The van der Waals surface area contributed by atoms with Crippen molar-refractivity contribution in [3.05, 3.63) is 65.9 Å². The van der Waals surface area contributed by atoms with Gasteiger partial charge in [0.25, 0.3) is 0 Å². The van der Waals surface area contributed by atoms with Gasteiger partial charge in [0.1, 0.15) is 17.1 Å². The second kappa shape index (κ2) is 9.46. The first-order chi connectivity index (χ1) is 15.4. The van der Waals surface area contributed by atoms with Gasteiger partial charge in [0.2, 0.25) is 5.95 Å². The molecule has 1 saturated carbocycles. The monoisotopic (exact) mass is 442 g/mol. The molecule has 3 aromatic rings. The molecule has 1 aliphatic rings. The lowest BCUT2D eigenvalue weighted by Crippen LogP contribution is -2.19. The molecule has 168 valence electrons. The second-order valence-corrected chi connectivity index (χ2v) is 7.97. The van der Waals surface area contributed by atoms with Gasteiger partial charge in [-0.05, 0) is 69.0 Å². The van der Waals surface area contributed by atoms with Crippen molar-refractivity contribution in [2.45, 2.75) is 51.3 Å². The minimum atomic E-state index is -4.59. The van der Waals surface area contributed by atoms with Crippen LogP contribution in [0.2, 0.25) is 0 Å². The summed E-state index contributed by atoms with van der Waals surface area (Å²) in [7, 11) is 0. The molecular formula is C24H25F3N4O. The van der Waals surface area contributed by atoms with E-state index in [9.17, 15) is 13.2 Å². The molecular weight excluding hydrogens is 417 g/mol. The van der Waals surface area contributed by atoms with E-state index < -0.39 is 11.7 Å². The molecule has 0 saturated heterocycles.